The van der Waals surface area contributed by atoms with Crippen molar-refractivity contribution >= 4 is 40.2 Å². The van der Waals surface area contributed by atoms with Gasteiger partial charge in [0.05, 0.1) is 9.27 Å². The summed E-state index contributed by atoms with van der Waals surface area (Å²) in [6.45, 7) is 0.358. The summed E-state index contributed by atoms with van der Waals surface area (Å²) >= 11 is 8.11. The molecule has 1 aromatic rings. The first kappa shape index (κ1) is 13.2. The third kappa shape index (κ3) is 3.02. The molecule has 0 spiro atoms. The Hall–Kier alpha value is -0.820. The van der Waals surface area contributed by atoms with E-state index in [2.05, 4.69) is 39.0 Å². The zero-order valence-electron chi connectivity index (χ0n) is 10.1. The minimum Gasteiger partial charge on any atom is -0.456 e. The lowest BCUT2D eigenvalue weighted by Crippen LogP contribution is -2.33. The summed E-state index contributed by atoms with van der Waals surface area (Å²) in [6.07, 6.45) is 6.43. The molecule has 0 unspecified atom stereocenters. The normalized spacial score (nSPS) is 19.9. The van der Waals surface area contributed by atoms with E-state index in [0.29, 0.717) is 11.8 Å². The number of carbonyl (C=O) groups excluding carboxylic acids is 1. The van der Waals surface area contributed by atoms with E-state index in [1.807, 2.05) is 6.20 Å². The van der Waals surface area contributed by atoms with Gasteiger partial charge in [-0.2, -0.15) is 0 Å². The van der Waals surface area contributed by atoms with Crippen LogP contribution in [0.2, 0.25) is 5.15 Å². The van der Waals surface area contributed by atoms with E-state index < -0.39 is 0 Å². The molecule has 0 bridgehead atoms. The lowest BCUT2D eigenvalue weighted by molar-refractivity contribution is -0.134. The molecule has 0 radical (unpaired) electrons. The average molecular weight is 391 g/mol. The highest BCUT2D eigenvalue weighted by Gasteiger charge is 2.43. The van der Waals surface area contributed by atoms with Crippen molar-refractivity contribution in [2.75, 3.05) is 6.61 Å². The van der Waals surface area contributed by atoms with Crippen LogP contribution >= 0.6 is 34.2 Å². The second-order valence-electron chi connectivity index (χ2n) is 4.98. The first-order chi connectivity index (χ1) is 9.06. The van der Waals surface area contributed by atoms with Gasteiger partial charge in [0.15, 0.2) is 0 Å². The van der Waals surface area contributed by atoms with Crippen LogP contribution in [0.1, 0.15) is 18.4 Å². The number of nitrogens with one attached hydrogen (secondary N) is 1. The van der Waals surface area contributed by atoms with Gasteiger partial charge < -0.3 is 10.1 Å². The summed E-state index contributed by atoms with van der Waals surface area (Å²) in [4.78, 5) is 15.2. The molecule has 100 valence electrons. The van der Waals surface area contributed by atoms with Crippen LogP contribution in [-0.4, -0.2) is 23.1 Å². The quantitative estimate of drug-likeness (QED) is 0.487. The second-order valence-corrected chi connectivity index (χ2v) is 6.50. The summed E-state index contributed by atoms with van der Waals surface area (Å²) < 4.78 is 5.86. The highest BCUT2D eigenvalue weighted by molar-refractivity contribution is 14.1. The van der Waals surface area contributed by atoms with Gasteiger partial charge in [-0.05, 0) is 53.5 Å². The van der Waals surface area contributed by atoms with Crippen LogP contribution in [0.3, 0.4) is 0 Å². The van der Waals surface area contributed by atoms with Crippen molar-refractivity contribution in [3.63, 3.8) is 0 Å². The number of rotatable bonds is 4. The SMILES string of the molecule is O=C1C=C(NC2(Cc3cnc(Cl)c(I)c3)CC2)CO1. The minimum absolute atomic E-state index is 0.0540. The number of aromatic nitrogens is 1. The van der Waals surface area contributed by atoms with Crippen LogP contribution < -0.4 is 5.32 Å². The largest absolute Gasteiger partial charge is 0.456 e. The van der Waals surface area contributed by atoms with Crippen LogP contribution in [0.5, 0.6) is 0 Å². The Morgan fingerprint density at radius 1 is 1.53 bits per heavy atom. The molecule has 1 aliphatic heterocycles. The smallest absolute Gasteiger partial charge is 0.333 e. The van der Waals surface area contributed by atoms with E-state index in [4.69, 9.17) is 16.3 Å². The summed E-state index contributed by atoms with van der Waals surface area (Å²) in [6, 6.07) is 2.06. The molecule has 1 N–H and O–H groups in total. The summed E-state index contributed by atoms with van der Waals surface area (Å²) in [7, 11) is 0. The number of ether oxygens (including phenoxy) is 1. The fourth-order valence-electron chi connectivity index (χ4n) is 2.23. The van der Waals surface area contributed by atoms with E-state index >= 15 is 0 Å². The first-order valence-corrected chi connectivity index (χ1v) is 7.47. The molecule has 2 aliphatic rings. The fourth-order valence-corrected chi connectivity index (χ4v) is 2.87. The number of hydrogen-bond acceptors (Lipinski definition) is 4. The molecule has 3 rings (SSSR count). The molecule has 0 atom stereocenters. The zero-order chi connectivity index (χ0) is 13.5. The topological polar surface area (TPSA) is 51.2 Å². The fraction of sp³-hybridized carbons (Fsp3) is 0.385. The number of hydrogen-bond donors (Lipinski definition) is 1. The van der Waals surface area contributed by atoms with E-state index in [-0.39, 0.29) is 11.5 Å². The number of halogens is 2. The molecule has 2 heterocycles. The van der Waals surface area contributed by atoms with Crippen LogP contribution in [0.15, 0.2) is 24.0 Å². The molecule has 1 saturated carbocycles. The number of esters is 1. The Balaban J connectivity index is 1.70. The third-order valence-corrected chi connectivity index (χ3v) is 4.78. The monoisotopic (exact) mass is 390 g/mol. The predicted octanol–water partition coefficient (Wildman–Crippen LogP) is 2.45. The van der Waals surface area contributed by atoms with Crippen molar-refractivity contribution in [3.8, 4) is 0 Å². The maximum atomic E-state index is 11.0. The lowest BCUT2D eigenvalue weighted by atomic mass is 10.1. The maximum Gasteiger partial charge on any atom is 0.333 e. The van der Waals surface area contributed by atoms with E-state index in [1.54, 1.807) is 0 Å². The molecule has 4 nitrogen and oxygen atoms in total. The zero-order valence-corrected chi connectivity index (χ0v) is 13.0. The van der Waals surface area contributed by atoms with Crippen molar-refractivity contribution < 1.29 is 9.53 Å². The summed E-state index contributed by atoms with van der Waals surface area (Å²) in [5, 5.41) is 3.97. The molecular weight excluding hydrogens is 379 g/mol. The van der Waals surface area contributed by atoms with Gasteiger partial charge in [-0.3, -0.25) is 0 Å². The lowest BCUT2D eigenvalue weighted by Gasteiger charge is -2.19. The molecular formula is C13H12ClIN2O2. The predicted molar refractivity (Wildman–Crippen MR) is 79.8 cm³/mol. The highest BCUT2D eigenvalue weighted by atomic mass is 127. The second kappa shape index (κ2) is 4.94. The molecule has 19 heavy (non-hydrogen) atoms. The van der Waals surface area contributed by atoms with Gasteiger partial charge in [0.1, 0.15) is 11.8 Å². The highest BCUT2D eigenvalue weighted by Crippen LogP contribution is 2.40. The van der Waals surface area contributed by atoms with Gasteiger partial charge in [0.25, 0.3) is 0 Å². The van der Waals surface area contributed by atoms with Crippen molar-refractivity contribution in [1.82, 2.24) is 10.3 Å². The molecule has 6 heteroatoms. The van der Waals surface area contributed by atoms with Crippen LogP contribution in [0, 0.1) is 3.57 Å². The Morgan fingerprint density at radius 2 is 2.32 bits per heavy atom. The van der Waals surface area contributed by atoms with Crippen LogP contribution in [-0.2, 0) is 16.0 Å². The number of pyridine rings is 1. The number of carbonyl (C=O) groups is 1. The van der Waals surface area contributed by atoms with Gasteiger partial charge in [-0.15, -0.1) is 0 Å². The van der Waals surface area contributed by atoms with Crippen molar-refractivity contribution in [2.24, 2.45) is 0 Å². The Labute approximate surface area is 129 Å². The number of cyclic esters (lactones) is 1. The minimum atomic E-state index is -0.263. The van der Waals surface area contributed by atoms with Crippen molar-refractivity contribution in [3.05, 3.63) is 38.3 Å². The van der Waals surface area contributed by atoms with Gasteiger partial charge in [0.2, 0.25) is 0 Å². The van der Waals surface area contributed by atoms with Gasteiger partial charge >= 0.3 is 5.97 Å². The molecule has 0 saturated heterocycles. The first-order valence-electron chi connectivity index (χ1n) is 6.02. The van der Waals surface area contributed by atoms with E-state index in [1.165, 1.54) is 6.08 Å². The maximum absolute atomic E-state index is 11.0. The summed E-state index contributed by atoms with van der Waals surface area (Å²) in [5.74, 6) is -0.263. The van der Waals surface area contributed by atoms with Gasteiger partial charge in [0, 0.05) is 17.8 Å². The molecule has 0 amide bonds. The van der Waals surface area contributed by atoms with Gasteiger partial charge in [-0.1, -0.05) is 11.6 Å². The average Bonchev–Trinajstić information content (AvgIpc) is 2.98. The summed E-state index contributed by atoms with van der Waals surface area (Å²) in [5.41, 5.74) is 2.09. The Bertz CT molecular complexity index is 570. The molecule has 1 fully saturated rings. The van der Waals surface area contributed by atoms with Crippen molar-refractivity contribution in [2.45, 2.75) is 24.8 Å². The number of nitrogens with zero attached hydrogens (tertiary/aromatic N) is 1. The molecule has 1 aromatic heterocycles. The van der Waals surface area contributed by atoms with E-state index in [9.17, 15) is 4.79 Å². The molecule has 0 aromatic carbocycles. The third-order valence-electron chi connectivity index (χ3n) is 3.34. The molecule has 1 aliphatic carbocycles. The Morgan fingerprint density at radius 3 is 2.89 bits per heavy atom. The van der Waals surface area contributed by atoms with Crippen LogP contribution in [0.4, 0.5) is 0 Å². The Kier molecular flexibility index (Phi) is 3.42. The van der Waals surface area contributed by atoms with Gasteiger partial charge in [-0.25, -0.2) is 9.78 Å². The van der Waals surface area contributed by atoms with Crippen LogP contribution in [0.25, 0.3) is 0 Å². The standard InChI is InChI=1S/C13H12ClIN2O2/c14-12-10(15)3-8(6-16-12)5-13(1-2-13)17-9-4-11(18)19-7-9/h3-4,6,17H,1-2,5,7H2. The van der Waals surface area contributed by atoms with Crippen molar-refractivity contribution in [1.29, 1.82) is 0 Å². The van der Waals surface area contributed by atoms with E-state index in [0.717, 1.165) is 34.1 Å².